The second-order valence-corrected chi connectivity index (χ2v) is 3.90. The van der Waals surface area contributed by atoms with Crippen molar-refractivity contribution in [2.75, 3.05) is 0 Å². The maximum Gasteiger partial charge on any atom is 0.281 e. The summed E-state index contributed by atoms with van der Waals surface area (Å²) in [5.74, 6) is -0.295. The second kappa shape index (κ2) is 3.67. The SMILES string of the molecule is CC(=O)n1nc(Br)c2c([N+](=O)[O-])cccc21. The van der Waals surface area contributed by atoms with Crippen molar-refractivity contribution in [2.45, 2.75) is 6.92 Å². The molecule has 0 radical (unpaired) electrons. The maximum absolute atomic E-state index is 11.3. The van der Waals surface area contributed by atoms with Crippen LogP contribution >= 0.6 is 15.9 Å². The van der Waals surface area contributed by atoms with E-state index < -0.39 is 4.92 Å². The van der Waals surface area contributed by atoms with Crippen LogP contribution in [-0.2, 0) is 0 Å². The molecule has 0 aliphatic heterocycles. The number of rotatable bonds is 1. The molecule has 0 aliphatic carbocycles. The standard InChI is InChI=1S/C9H6BrN3O3/c1-5(14)12-6-3-2-4-7(13(15)16)8(6)9(10)11-12/h2-4H,1H3. The molecule has 16 heavy (non-hydrogen) atoms. The molecule has 2 aromatic rings. The number of nitrogens with zero attached hydrogens (tertiary/aromatic N) is 3. The first-order chi connectivity index (χ1) is 7.52. The van der Waals surface area contributed by atoms with Crippen molar-refractivity contribution in [3.8, 4) is 0 Å². The first-order valence-electron chi connectivity index (χ1n) is 4.35. The van der Waals surface area contributed by atoms with Gasteiger partial charge in [-0.1, -0.05) is 6.07 Å². The van der Waals surface area contributed by atoms with E-state index in [4.69, 9.17) is 0 Å². The summed E-state index contributed by atoms with van der Waals surface area (Å²) in [5.41, 5.74) is 0.352. The number of halogens is 1. The summed E-state index contributed by atoms with van der Waals surface area (Å²) in [6.07, 6.45) is 0. The van der Waals surface area contributed by atoms with Crippen LogP contribution in [0.4, 0.5) is 5.69 Å². The molecule has 0 fully saturated rings. The minimum atomic E-state index is -0.501. The Hall–Kier alpha value is -1.76. The number of fused-ring (bicyclic) bond motifs is 1. The minimum absolute atomic E-state index is 0.0723. The van der Waals surface area contributed by atoms with Gasteiger partial charge in [-0.3, -0.25) is 14.9 Å². The molecule has 0 amide bonds. The molecule has 7 heteroatoms. The lowest BCUT2D eigenvalue weighted by Crippen LogP contribution is -2.06. The van der Waals surface area contributed by atoms with E-state index in [1.165, 1.54) is 19.1 Å². The first-order valence-corrected chi connectivity index (χ1v) is 5.14. The predicted molar refractivity (Wildman–Crippen MR) is 60.4 cm³/mol. The molecule has 1 aromatic heterocycles. The minimum Gasteiger partial charge on any atom is -0.273 e. The van der Waals surface area contributed by atoms with Gasteiger partial charge in [-0.2, -0.15) is 9.78 Å². The van der Waals surface area contributed by atoms with E-state index in [9.17, 15) is 14.9 Å². The van der Waals surface area contributed by atoms with E-state index in [1.54, 1.807) is 6.07 Å². The number of carbonyl (C=O) groups is 1. The third-order valence-electron chi connectivity index (χ3n) is 2.14. The first kappa shape index (κ1) is 10.7. The van der Waals surface area contributed by atoms with E-state index >= 15 is 0 Å². The van der Waals surface area contributed by atoms with Crippen LogP contribution in [0.5, 0.6) is 0 Å². The number of non-ortho nitro benzene ring substituents is 1. The Balaban J connectivity index is 2.90. The molecule has 0 saturated carbocycles. The lowest BCUT2D eigenvalue weighted by Gasteiger charge is -1.96. The van der Waals surface area contributed by atoms with Gasteiger partial charge in [-0.05, 0) is 22.0 Å². The largest absolute Gasteiger partial charge is 0.281 e. The van der Waals surface area contributed by atoms with Crippen molar-refractivity contribution < 1.29 is 9.72 Å². The molecular weight excluding hydrogens is 278 g/mol. The fourth-order valence-corrected chi connectivity index (χ4v) is 2.06. The van der Waals surface area contributed by atoms with Crippen LogP contribution in [0.3, 0.4) is 0 Å². The van der Waals surface area contributed by atoms with Gasteiger partial charge in [0.15, 0.2) is 0 Å². The van der Waals surface area contributed by atoms with Gasteiger partial charge in [0.2, 0.25) is 5.91 Å². The zero-order valence-electron chi connectivity index (χ0n) is 8.18. The summed E-state index contributed by atoms with van der Waals surface area (Å²) in [5, 5.41) is 15.1. The zero-order chi connectivity index (χ0) is 11.9. The summed E-state index contributed by atoms with van der Waals surface area (Å²) >= 11 is 3.12. The highest BCUT2D eigenvalue weighted by atomic mass is 79.9. The molecule has 1 aromatic carbocycles. The van der Waals surface area contributed by atoms with Crippen molar-refractivity contribution in [3.05, 3.63) is 32.9 Å². The number of benzene rings is 1. The van der Waals surface area contributed by atoms with Crippen LogP contribution in [-0.4, -0.2) is 20.6 Å². The lowest BCUT2D eigenvalue weighted by atomic mass is 10.2. The van der Waals surface area contributed by atoms with Gasteiger partial charge >= 0.3 is 0 Å². The smallest absolute Gasteiger partial charge is 0.273 e. The summed E-state index contributed by atoms with van der Waals surface area (Å²) in [4.78, 5) is 21.6. The van der Waals surface area contributed by atoms with Crippen LogP contribution in [0.2, 0.25) is 0 Å². The lowest BCUT2D eigenvalue weighted by molar-refractivity contribution is -0.383. The summed E-state index contributed by atoms with van der Waals surface area (Å²) < 4.78 is 1.43. The van der Waals surface area contributed by atoms with E-state index in [2.05, 4.69) is 21.0 Å². The average Bonchev–Trinajstić information content (AvgIpc) is 2.56. The summed E-state index contributed by atoms with van der Waals surface area (Å²) in [6.45, 7) is 1.34. The normalized spacial score (nSPS) is 10.6. The Bertz CT molecular complexity index is 605. The van der Waals surface area contributed by atoms with Gasteiger partial charge in [0.05, 0.1) is 10.4 Å². The molecule has 82 valence electrons. The highest BCUT2D eigenvalue weighted by Gasteiger charge is 2.20. The van der Waals surface area contributed by atoms with Crippen molar-refractivity contribution >= 4 is 38.4 Å². The summed E-state index contributed by atoms with van der Waals surface area (Å²) in [7, 11) is 0. The quantitative estimate of drug-likeness (QED) is 0.595. The summed E-state index contributed by atoms with van der Waals surface area (Å²) in [6, 6.07) is 4.51. The third-order valence-corrected chi connectivity index (χ3v) is 2.69. The van der Waals surface area contributed by atoms with Gasteiger partial charge in [-0.25, -0.2) is 0 Å². The number of aromatic nitrogens is 2. The zero-order valence-corrected chi connectivity index (χ0v) is 9.76. The van der Waals surface area contributed by atoms with E-state index in [1.807, 2.05) is 0 Å². The fraction of sp³-hybridized carbons (Fsp3) is 0.111. The highest BCUT2D eigenvalue weighted by Crippen LogP contribution is 2.31. The fourth-order valence-electron chi connectivity index (χ4n) is 1.50. The molecule has 0 N–H and O–H groups in total. The number of hydrogen-bond donors (Lipinski definition) is 0. The molecule has 1 heterocycles. The van der Waals surface area contributed by atoms with E-state index in [0.717, 1.165) is 4.68 Å². The Morgan fingerprint density at radius 1 is 1.56 bits per heavy atom. The van der Waals surface area contributed by atoms with Crippen LogP contribution in [0, 0.1) is 10.1 Å². The van der Waals surface area contributed by atoms with Crippen molar-refractivity contribution in [1.82, 2.24) is 9.78 Å². The average molecular weight is 284 g/mol. The number of nitro benzene ring substituents is 1. The Morgan fingerprint density at radius 2 is 2.25 bits per heavy atom. The monoisotopic (exact) mass is 283 g/mol. The van der Waals surface area contributed by atoms with Crippen molar-refractivity contribution in [3.63, 3.8) is 0 Å². The molecule has 0 bridgehead atoms. The second-order valence-electron chi connectivity index (χ2n) is 3.15. The van der Waals surface area contributed by atoms with Gasteiger partial charge in [0, 0.05) is 13.0 Å². The van der Waals surface area contributed by atoms with Crippen molar-refractivity contribution in [2.24, 2.45) is 0 Å². The number of nitro groups is 1. The Kier molecular flexibility index (Phi) is 2.47. The molecular formula is C9H6BrN3O3. The maximum atomic E-state index is 11.3. The Labute approximate surface area is 98.1 Å². The molecule has 0 saturated heterocycles. The third kappa shape index (κ3) is 1.49. The van der Waals surface area contributed by atoms with Gasteiger partial charge in [-0.15, -0.1) is 0 Å². The van der Waals surface area contributed by atoms with Crippen molar-refractivity contribution in [1.29, 1.82) is 0 Å². The van der Waals surface area contributed by atoms with Gasteiger partial charge in [0.1, 0.15) is 9.99 Å². The van der Waals surface area contributed by atoms with Gasteiger partial charge < -0.3 is 0 Å². The van der Waals surface area contributed by atoms with E-state index in [-0.39, 0.29) is 11.6 Å². The predicted octanol–water partition coefficient (Wildman–Crippen LogP) is 2.37. The molecule has 0 spiro atoms. The Morgan fingerprint density at radius 3 is 2.81 bits per heavy atom. The number of carbonyl (C=O) groups excluding carboxylic acids is 1. The number of hydrogen-bond acceptors (Lipinski definition) is 4. The highest BCUT2D eigenvalue weighted by molar-refractivity contribution is 9.10. The molecule has 6 nitrogen and oxygen atoms in total. The van der Waals surface area contributed by atoms with Crippen LogP contribution in [0.25, 0.3) is 10.9 Å². The van der Waals surface area contributed by atoms with E-state index in [0.29, 0.717) is 15.5 Å². The molecule has 2 rings (SSSR count). The molecule has 0 aliphatic rings. The topological polar surface area (TPSA) is 78.0 Å². The van der Waals surface area contributed by atoms with Crippen LogP contribution < -0.4 is 0 Å². The molecule has 0 atom stereocenters. The van der Waals surface area contributed by atoms with Gasteiger partial charge in [0.25, 0.3) is 5.69 Å². The van der Waals surface area contributed by atoms with Crippen LogP contribution in [0.1, 0.15) is 11.7 Å². The molecule has 0 unspecified atom stereocenters. The van der Waals surface area contributed by atoms with Crippen LogP contribution in [0.15, 0.2) is 22.8 Å².